The van der Waals surface area contributed by atoms with Crippen molar-refractivity contribution in [2.24, 2.45) is 0 Å². The zero-order chi connectivity index (χ0) is 24.4. The average Bonchev–Trinajstić information content (AvgIpc) is 2.85. The largest absolute Gasteiger partial charge is 0.495 e. The van der Waals surface area contributed by atoms with Gasteiger partial charge in [-0.1, -0.05) is 6.92 Å². The average molecular weight is 472 g/mol. The molecule has 34 heavy (non-hydrogen) atoms. The third kappa shape index (κ3) is 4.30. The lowest BCUT2D eigenvalue weighted by molar-refractivity contribution is 0.0957. The van der Waals surface area contributed by atoms with Crippen molar-refractivity contribution in [2.75, 3.05) is 45.2 Å². The second-order valence-electron chi connectivity index (χ2n) is 7.98. The Bertz CT molecular complexity index is 1290. The van der Waals surface area contributed by atoms with Gasteiger partial charge >= 0.3 is 0 Å². The molecule has 3 aromatic heterocycles. The SMILES string of the molecule is CCc1c(OC)c2cnc(CN3CCN(c4ccc(C(=O)NC)nc4F)CC3)c(F)c2[nH]c1=O. The molecule has 3 aromatic rings. The number of ether oxygens (including phenoxy) is 1. The molecule has 4 heterocycles. The summed E-state index contributed by atoms with van der Waals surface area (Å²) in [4.78, 5) is 38.5. The number of pyridine rings is 3. The number of nitrogens with one attached hydrogen (secondary N) is 2. The van der Waals surface area contributed by atoms with Crippen LogP contribution < -0.4 is 20.5 Å². The number of methoxy groups -OCH3 is 1. The quantitative estimate of drug-likeness (QED) is 0.528. The zero-order valence-corrected chi connectivity index (χ0v) is 19.2. The number of nitrogens with zero attached hydrogens (tertiary/aromatic N) is 4. The predicted octanol–water partition coefficient (Wildman–Crippen LogP) is 1.85. The molecule has 1 saturated heterocycles. The van der Waals surface area contributed by atoms with Crippen molar-refractivity contribution in [3.8, 4) is 5.75 Å². The fraction of sp³-hybridized carbons (Fsp3) is 0.391. The van der Waals surface area contributed by atoms with Gasteiger partial charge in [-0.15, -0.1) is 0 Å². The number of rotatable bonds is 6. The first-order chi connectivity index (χ1) is 16.4. The number of H-pyrrole nitrogens is 1. The molecular weight excluding hydrogens is 446 g/mol. The van der Waals surface area contributed by atoms with Gasteiger partial charge in [0, 0.05) is 46.0 Å². The Kier molecular flexibility index (Phi) is 6.73. The highest BCUT2D eigenvalue weighted by atomic mass is 19.1. The van der Waals surface area contributed by atoms with E-state index in [-0.39, 0.29) is 29.0 Å². The molecule has 0 atom stereocenters. The van der Waals surface area contributed by atoms with Gasteiger partial charge in [-0.3, -0.25) is 19.5 Å². The van der Waals surface area contributed by atoms with E-state index < -0.39 is 17.7 Å². The number of fused-ring (bicyclic) bond motifs is 1. The van der Waals surface area contributed by atoms with Gasteiger partial charge in [-0.2, -0.15) is 4.39 Å². The smallest absolute Gasteiger partial charge is 0.269 e. The van der Waals surface area contributed by atoms with Crippen LogP contribution in [0.3, 0.4) is 0 Å². The van der Waals surface area contributed by atoms with E-state index >= 15 is 4.39 Å². The van der Waals surface area contributed by atoms with Crippen molar-refractivity contribution in [1.82, 2.24) is 25.2 Å². The first-order valence-electron chi connectivity index (χ1n) is 11.0. The van der Waals surface area contributed by atoms with E-state index in [4.69, 9.17) is 4.74 Å². The van der Waals surface area contributed by atoms with Crippen LogP contribution >= 0.6 is 0 Å². The van der Waals surface area contributed by atoms with Crippen molar-refractivity contribution < 1.29 is 18.3 Å². The highest BCUT2D eigenvalue weighted by molar-refractivity contribution is 5.92. The van der Waals surface area contributed by atoms with Gasteiger partial charge in [-0.25, -0.2) is 9.37 Å². The number of hydrogen-bond acceptors (Lipinski definition) is 7. The maximum atomic E-state index is 15.3. The van der Waals surface area contributed by atoms with Crippen LogP contribution in [0.2, 0.25) is 0 Å². The van der Waals surface area contributed by atoms with Crippen molar-refractivity contribution in [3.05, 3.63) is 57.4 Å². The number of amides is 1. The van der Waals surface area contributed by atoms with Crippen molar-refractivity contribution in [3.63, 3.8) is 0 Å². The fourth-order valence-electron chi connectivity index (χ4n) is 4.22. The topological polar surface area (TPSA) is 103 Å². The van der Waals surface area contributed by atoms with Gasteiger partial charge in [0.15, 0.2) is 5.82 Å². The van der Waals surface area contributed by atoms with E-state index in [2.05, 4.69) is 20.3 Å². The van der Waals surface area contributed by atoms with Crippen LogP contribution in [0.4, 0.5) is 14.5 Å². The predicted molar refractivity (Wildman–Crippen MR) is 123 cm³/mol. The number of halogens is 2. The lowest BCUT2D eigenvalue weighted by atomic mass is 10.1. The fourth-order valence-corrected chi connectivity index (χ4v) is 4.22. The van der Waals surface area contributed by atoms with Crippen LogP contribution in [0.25, 0.3) is 10.9 Å². The van der Waals surface area contributed by atoms with Crippen LogP contribution in [0.15, 0.2) is 23.1 Å². The first-order valence-corrected chi connectivity index (χ1v) is 11.0. The van der Waals surface area contributed by atoms with Gasteiger partial charge in [0.2, 0.25) is 5.95 Å². The molecule has 0 aliphatic carbocycles. The molecule has 0 unspecified atom stereocenters. The van der Waals surface area contributed by atoms with E-state index in [0.29, 0.717) is 55.0 Å². The molecule has 0 bridgehead atoms. The summed E-state index contributed by atoms with van der Waals surface area (Å²) in [5.74, 6) is -1.41. The minimum atomic E-state index is -0.707. The molecule has 1 fully saturated rings. The summed E-state index contributed by atoms with van der Waals surface area (Å²) < 4.78 is 35.1. The number of hydrogen-bond donors (Lipinski definition) is 2. The molecule has 1 aliphatic heterocycles. The molecule has 2 N–H and O–H groups in total. The highest BCUT2D eigenvalue weighted by Gasteiger charge is 2.24. The standard InChI is InChI=1S/C23H26F2N6O3/c1-4-13-20(34-3)14-11-27-16(18(24)19(14)29-22(13)32)12-30-7-9-31(10-8-30)17-6-5-15(23(33)26-2)28-21(17)25/h5-6,11H,4,7-10,12H2,1-3H3,(H,26,33)(H,29,32). The number of anilines is 1. The molecule has 0 aromatic carbocycles. The molecule has 180 valence electrons. The number of aromatic nitrogens is 3. The van der Waals surface area contributed by atoms with Gasteiger partial charge in [-0.05, 0) is 18.6 Å². The zero-order valence-electron chi connectivity index (χ0n) is 19.2. The number of carbonyl (C=O) groups excluding carboxylic acids is 1. The summed E-state index contributed by atoms with van der Waals surface area (Å²) in [5, 5.41) is 2.84. The maximum absolute atomic E-state index is 15.3. The molecule has 4 rings (SSSR count). The van der Waals surface area contributed by atoms with E-state index in [1.165, 1.54) is 26.4 Å². The van der Waals surface area contributed by atoms with E-state index in [1.54, 1.807) is 6.07 Å². The molecule has 9 nitrogen and oxygen atoms in total. The molecular formula is C23H26F2N6O3. The van der Waals surface area contributed by atoms with Crippen molar-refractivity contribution >= 4 is 22.5 Å². The Morgan fingerprint density at radius 2 is 1.97 bits per heavy atom. The van der Waals surface area contributed by atoms with Gasteiger partial charge < -0.3 is 19.9 Å². The lowest BCUT2D eigenvalue weighted by Crippen LogP contribution is -2.46. The summed E-state index contributed by atoms with van der Waals surface area (Å²) in [7, 11) is 2.90. The van der Waals surface area contributed by atoms with Gasteiger partial charge in [0.25, 0.3) is 11.5 Å². The van der Waals surface area contributed by atoms with E-state index in [1.807, 2.05) is 16.7 Å². The number of piperazine rings is 1. The third-order valence-electron chi connectivity index (χ3n) is 6.06. The Labute approximate surface area is 194 Å². The molecule has 11 heteroatoms. The summed E-state index contributed by atoms with van der Waals surface area (Å²) in [6.07, 6.45) is 1.97. The minimum absolute atomic E-state index is 0.0148. The monoisotopic (exact) mass is 472 g/mol. The van der Waals surface area contributed by atoms with Crippen LogP contribution in [0.5, 0.6) is 5.75 Å². The lowest BCUT2D eigenvalue weighted by Gasteiger charge is -2.35. The van der Waals surface area contributed by atoms with Crippen molar-refractivity contribution in [1.29, 1.82) is 0 Å². The second kappa shape index (κ2) is 9.72. The normalized spacial score (nSPS) is 14.4. The van der Waals surface area contributed by atoms with Gasteiger partial charge in [0.1, 0.15) is 11.4 Å². The second-order valence-corrected chi connectivity index (χ2v) is 7.98. The molecule has 1 amide bonds. The van der Waals surface area contributed by atoms with E-state index in [9.17, 15) is 14.0 Å². The third-order valence-corrected chi connectivity index (χ3v) is 6.06. The summed E-state index contributed by atoms with van der Waals surface area (Å²) in [6, 6.07) is 3.03. The molecule has 0 spiro atoms. The number of aromatic amines is 1. The summed E-state index contributed by atoms with van der Waals surface area (Å²) >= 11 is 0. The minimum Gasteiger partial charge on any atom is -0.495 e. The van der Waals surface area contributed by atoms with Crippen LogP contribution in [0.1, 0.15) is 28.7 Å². The highest BCUT2D eigenvalue weighted by Crippen LogP contribution is 2.29. The maximum Gasteiger partial charge on any atom is 0.269 e. The van der Waals surface area contributed by atoms with Crippen LogP contribution in [-0.4, -0.2) is 66.1 Å². The Morgan fingerprint density at radius 3 is 2.59 bits per heavy atom. The number of carbonyl (C=O) groups is 1. The van der Waals surface area contributed by atoms with E-state index in [0.717, 1.165) is 0 Å². The Balaban J connectivity index is 1.49. The Hall–Kier alpha value is -3.60. The summed E-state index contributed by atoms with van der Waals surface area (Å²) in [5.41, 5.74) is 0.692. The molecule has 0 saturated carbocycles. The molecule has 1 aliphatic rings. The van der Waals surface area contributed by atoms with Crippen molar-refractivity contribution in [2.45, 2.75) is 19.9 Å². The van der Waals surface area contributed by atoms with Crippen LogP contribution in [0, 0.1) is 11.8 Å². The van der Waals surface area contributed by atoms with Gasteiger partial charge in [0.05, 0.1) is 35.0 Å². The first kappa shape index (κ1) is 23.6. The Morgan fingerprint density at radius 1 is 1.24 bits per heavy atom. The van der Waals surface area contributed by atoms with Crippen LogP contribution in [-0.2, 0) is 13.0 Å². The molecule has 0 radical (unpaired) electrons. The summed E-state index contributed by atoms with van der Waals surface area (Å²) in [6.45, 7) is 4.16.